The summed E-state index contributed by atoms with van der Waals surface area (Å²) in [5.74, 6) is 0.465. The van der Waals surface area contributed by atoms with Crippen molar-refractivity contribution in [1.29, 1.82) is 0 Å². The number of carbonyl (C=O) groups excluding carboxylic acids is 3. The number of alkyl carbamates (subject to hydrolysis) is 1. The Morgan fingerprint density at radius 1 is 1.16 bits per heavy atom. The van der Waals surface area contributed by atoms with E-state index >= 15 is 0 Å². The number of carbonyl (C=O) groups is 3. The van der Waals surface area contributed by atoms with Crippen molar-refractivity contribution in [3.8, 4) is 0 Å². The van der Waals surface area contributed by atoms with Crippen LogP contribution in [0.2, 0.25) is 0 Å². The van der Waals surface area contributed by atoms with Gasteiger partial charge in [-0.3, -0.25) is 9.59 Å². The molecule has 1 heterocycles. The van der Waals surface area contributed by atoms with Crippen LogP contribution in [-0.4, -0.2) is 54.1 Å². The SMILES string of the molecule is CC(C)CC(=O)N1CCC(NC(=O)CCNC(=O)OC(C)(C)C)CC1. The van der Waals surface area contributed by atoms with Crippen molar-refractivity contribution < 1.29 is 19.1 Å². The minimum Gasteiger partial charge on any atom is -0.444 e. The van der Waals surface area contributed by atoms with Crippen molar-refractivity contribution in [3.05, 3.63) is 0 Å². The monoisotopic (exact) mass is 355 g/mol. The van der Waals surface area contributed by atoms with Gasteiger partial charge in [-0.25, -0.2) is 4.79 Å². The first-order valence-corrected chi connectivity index (χ1v) is 9.11. The highest BCUT2D eigenvalue weighted by atomic mass is 16.6. The van der Waals surface area contributed by atoms with Crippen molar-refractivity contribution in [2.45, 2.75) is 71.9 Å². The van der Waals surface area contributed by atoms with Gasteiger partial charge in [-0.1, -0.05) is 13.8 Å². The van der Waals surface area contributed by atoms with Crippen LogP contribution in [0.3, 0.4) is 0 Å². The normalized spacial score (nSPS) is 15.8. The van der Waals surface area contributed by atoms with E-state index in [2.05, 4.69) is 10.6 Å². The highest BCUT2D eigenvalue weighted by Gasteiger charge is 2.24. The predicted molar refractivity (Wildman–Crippen MR) is 96.1 cm³/mol. The van der Waals surface area contributed by atoms with Crippen molar-refractivity contribution >= 4 is 17.9 Å². The summed E-state index contributed by atoms with van der Waals surface area (Å²) < 4.78 is 5.11. The Morgan fingerprint density at radius 3 is 2.28 bits per heavy atom. The van der Waals surface area contributed by atoms with E-state index in [-0.39, 0.29) is 30.8 Å². The molecule has 144 valence electrons. The number of likely N-dealkylation sites (tertiary alicyclic amines) is 1. The summed E-state index contributed by atoms with van der Waals surface area (Å²) in [5.41, 5.74) is -0.548. The average molecular weight is 355 g/mol. The van der Waals surface area contributed by atoms with Gasteiger partial charge in [-0.2, -0.15) is 0 Å². The first kappa shape index (κ1) is 21.3. The van der Waals surface area contributed by atoms with Crippen molar-refractivity contribution in [3.63, 3.8) is 0 Å². The van der Waals surface area contributed by atoms with Crippen LogP contribution in [0.25, 0.3) is 0 Å². The van der Waals surface area contributed by atoms with Crippen LogP contribution < -0.4 is 10.6 Å². The predicted octanol–water partition coefficient (Wildman–Crippen LogP) is 2.05. The Hall–Kier alpha value is -1.79. The second-order valence-corrected chi connectivity index (χ2v) is 8.00. The fourth-order valence-electron chi connectivity index (χ4n) is 2.64. The zero-order valence-electron chi connectivity index (χ0n) is 16.2. The summed E-state index contributed by atoms with van der Waals surface area (Å²) in [6.07, 6.45) is 1.82. The first-order chi connectivity index (χ1) is 11.6. The van der Waals surface area contributed by atoms with Gasteiger partial charge in [0.2, 0.25) is 11.8 Å². The standard InChI is InChI=1S/C18H33N3O4/c1-13(2)12-16(23)21-10-7-14(8-11-21)20-15(22)6-9-19-17(24)25-18(3,4)5/h13-14H,6-12H2,1-5H3,(H,19,24)(H,20,22). The lowest BCUT2D eigenvalue weighted by atomic mass is 10.0. The van der Waals surface area contributed by atoms with E-state index in [0.717, 1.165) is 12.8 Å². The maximum Gasteiger partial charge on any atom is 0.407 e. The number of nitrogens with zero attached hydrogens (tertiary/aromatic N) is 1. The molecule has 0 radical (unpaired) electrons. The third-order valence-electron chi connectivity index (χ3n) is 3.82. The van der Waals surface area contributed by atoms with Gasteiger partial charge in [0.25, 0.3) is 0 Å². The minimum absolute atomic E-state index is 0.0944. The number of hydrogen-bond acceptors (Lipinski definition) is 4. The van der Waals surface area contributed by atoms with Crippen LogP contribution in [0.4, 0.5) is 4.79 Å². The molecule has 2 N–H and O–H groups in total. The van der Waals surface area contributed by atoms with E-state index in [1.807, 2.05) is 18.7 Å². The van der Waals surface area contributed by atoms with Crippen LogP contribution in [-0.2, 0) is 14.3 Å². The largest absolute Gasteiger partial charge is 0.444 e. The maximum atomic E-state index is 12.0. The van der Waals surface area contributed by atoms with Gasteiger partial charge < -0.3 is 20.3 Å². The van der Waals surface area contributed by atoms with Crippen molar-refractivity contribution in [2.24, 2.45) is 5.92 Å². The van der Waals surface area contributed by atoms with Crippen LogP contribution in [0, 0.1) is 5.92 Å². The highest BCUT2D eigenvalue weighted by molar-refractivity contribution is 5.78. The Morgan fingerprint density at radius 2 is 1.76 bits per heavy atom. The van der Waals surface area contributed by atoms with Crippen molar-refractivity contribution in [1.82, 2.24) is 15.5 Å². The minimum atomic E-state index is -0.548. The molecule has 0 aliphatic carbocycles. The quantitative estimate of drug-likeness (QED) is 0.763. The van der Waals surface area contributed by atoms with E-state index in [0.29, 0.717) is 25.4 Å². The average Bonchev–Trinajstić information content (AvgIpc) is 2.45. The molecule has 0 bridgehead atoms. The molecule has 0 saturated carbocycles. The third-order valence-corrected chi connectivity index (χ3v) is 3.82. The summed E-state index contributed by atoms with van der Waals surface area (Å²) >= 11 is 0. The molecule has 1 aliphatic rings. The fourth-order valence-corrected chi connectivity index (χ4v) is 2.64. The summed E-state index contributed by atoms with van der Waals surface area (Å²) in [7, 11) is 0. The van der Waals surface area contributed by atoms with Crippen LogP contribution in [0.1, 0.15) is 60.3 Å². The lowest BCUT2D eigenvalue weighted by Crippen LogP contribution is -2.47. The van der Waals surface area contributed by atoms with E-state index < -0.39 is 11.7 Å². The molecule has 3 amide bonds. The molecule has 0 aromatic rings. The first-order valence-electron chi connectivity index (χ1n) is 9.11. The van der Waals surface area contributed by atoms with Gasteiger partial charge in [0.1, 0.15) is 5.60 Å². The van der Waals surface area contributed by atoms with Crippen LogP contribution >= 0.6 is 0 Å². The molecule has 0 unspecified atom stereocenters. The molecule has 1 rings (SSSR count). The van der Waals surface area contributed by atoms with E-state index in [1.165, 1.54) is 0 Å². The topological polar surface area (TPSA) is 87.7 Å². The molecular formula is C18H33N3O4. The van der Waals surface area contributed by atoms with E-state index in [4.69, 9.17) is 4.74 Å². The number of rotatable bonds is 6. The lowest BCUT2D eigenvalue weighted by Gasteiger charge is -2.33. The van der Waals surface area contributed by atoms with Gasteiger partial charge >= 0.3 is 6.09 Å². The Bertz CT molecular complexity index is 463. The van der Waals surface area contributed by atoms with Gasteiger partial charge in [0.15, 0.2) is 0 Å². The van der Waals surface area contributed by atoms with Gasteiger partial charge in [0, 0.05) is 38.5 Å². The van der Waals surface area contributed by atoms with Gasteiger partial charge in [0.05, 0.1) is 0 Å². The van der Waals surface area contributed by atoms with Gasteiger partial charge in [-0.05, 0) is 39.5 Å². The zero-order chi connectivity index (χ0) is 19.0. The molecule has 7 nitrogen and oxygen atoms in total. The lowest BCUT2D eigenvalue weighted by molar-refractivity contribution is -0.133. The molecule has 0 aromatic carbocycles. The second-order valence-electron chi connectivity index (χ2n) is 8.00. The molecule has 0 atom stereocenters. The smallest absolute Gasteiger partial charge is 0.407 e. The number of amides is 3. The summed E-state index contributed by atoms with van der Waals surface area (Å²) in [6, 6.07) is 0.0946. The molecular weight excluding hydrogens is 322 g/mol. The second kappa shape index (κ2) is 9.63. The molecule has 1 aliphatic heterocycles. The van der Waals surface area contributed by atoms with E-state index in [1.54, 1.807) is 20.8 Å². The third kappa shape index (κ3) is 9.31. The summed E-state index contributed by atoms with van der Waals surface area (Å²) in [6.45, 7) is 11.1. The number of piperidine rings is 1. The van der Waals surface area contributed by atoms with Crippen LogP contribution in [0.15, 0.2) is 0 Å². The van der Waals surface area contributed by atoms with Crippen LogP contribution in [0.5, 0.6) is 0 Å². The molecule has 7 heteroatoms. The summed E-state index contributed by atoms with van der Waals surface area (Å²) in [5, 5.41) is 5.54. The molecule has 1 saturated heterocycles. The highest BCUT2D eigenvalue weighted by Crippen LogP contribution is 2.13. The van der Waals surface area contributed by atoms with Gasteiger partial charge in [-0.15, -0.1) is 0 Å². The Labute approximate surface area is 150 Å². The number of ether oxygens (including phenoxy) is 1. The molecule has 25 heavy (non-hydrogen) atoms. The van der Waals surface area contributed by atoms with Crippen molar-refractivity contribution in [2.75, 3.05) is 19.6 Å². The molecule has 0 aromatic heterocycles. The Balaban J connectivity index is 2.20. The number of hydrogen-bond donors (Lipinski definition) is 2. The maximum absolute atomic E-state index is 12.0. The molecule has 1 fully saturated rings. The fraction of sp³-hybridized carbons (Fsp3) is 0.833. The zero-order valence-corrected chi connectivity index (χ0v) is 16.2. The Kier molecular flexibility index (Phi) is 8.19. The summed E-state index contributed by atoms with van der Waals surface area (Å²) in [4.78, 5) is 37.4. The van der Waals surface area contributed by atoms with E-state index in [9.17, 15) is 14.4 Å². The number of nitrogens with one attached hydrogen (secondary N) is 2. The molecule has 0 spiro atoms.